The van der Waals surface area contributed by atoms with E-state index in [4.69, 9.17) is 4.74 Å². The van der Waals surface area contributed by atoms with Crippen molar-refractivity contribution < 1.29 is 9.53 Å². The molecule has 1 fully saturated rings. The van der Waals surface area contributed by atoms with Gasteiger partial charge in [0.25, 0.3) is 0 Å². The zero-order chi connectivity index (χ0) is 6.97. The van der Waals surface area contributed by atoms with Crippen LogP contribution in [0, 0.1) is 5.92 Å². The number of carbonyl (C=O) groups is 1. The molecule has 2 atom stereocenters. The highest BCUT2D eigenvalue weighted by Crippen LogP contribution is 2.22. The molecule has 0 amide bonds. The number of hydrogen-bond donors (Lipinski definition) is 0. The highest BCUT2D eigenvalue weighted by molar-refractivity contribution is 5.86. The first-order valence-corrected chi connectivity index (χ1v) is 3.37. The Bertz CT molecular complexity index is 215. The van der Waals surface area contributed by atoms with E-state index in [1.165, 1.54) is 0 Å². The number of hydrogen-bond acceptors (Lipinski definition) is 2. The first-order valence-electron chi connectivity index (χ1n) is 3.37. The maximum Gasteiger partial charge on any atom is 0.168 e. The maximum atomic E-state index is 11.0. The van der Waals surface area contributed by atoms with Crippen LogP contribution in [-0.2, 0) is 9.53 Å². The summed E-state index contributed by atoms with van der Waals surface area (Å²) in [6.45, 7) is 0.282. The lowest BCUT2D eigenvalue weighted by atomic mass is 9.96. The summed E-state index contributed by atoms with van der Waals surface area (Å²) in [5.74, 6) is 0.204. The number of fused-ring (bicyclic) bond motifs is 1. The van der Waals surface area contributed by atoms with Gasteiger partial charge >= 0.3 is 0 Å². The third-order valence-electron chi connectivity index (χ3n) is 1.87. The van der Waals surface area contributed by atoms with Gasteiger partial charge in [0.05, 0.1) is 12.0 Å². The summed E-state index contributed by atoms with van der Waals surface area (Å²) in [5, 5.41) is 0. The largest absolute Gasteiger partial charge is 0.365 e. The molecular weight excluding hydrogens is 128 g/mol. The van der Waals surface area contributed by atoms with Gasteiger partial charge in [0.2, 0.25) is 0 Å². The van der Waals surface area contributed by atoms with Gasteiger partial charge < -0.3 is 4.74 Å². The van der Waals surface area contributed by atoms with Crippen LogP contribution in [0.1, 0.15) is 0 Å². The summed E-state index contributed by atoms with van der Waals surface area (Å²) < 4.78 is 5.18. The van der Waals surface area contributed by atoms with E-state index in [1.807, 2.05) is 24.3 Å². The molecule has 52 valence electrons. The van der Waals surface area contributed by atoms with Crippen molar-refractivity contribution in [1.82, 2.24) is 0 Å². The van der Waals surface area contributed by atoms with Crippen molar-refractivity contribution in [3.8, 4) is 0 Å². The number of ketones is 1. The Morgan fingerprint density at radius 1 is 1.40 bits per heavy atom. The van der Waals surface area contributed by atoms with Crippen molar-refractivity contribution in [2.24, 2.45) is 5.92 Å². The molecule has 0 aromatic rings. The van der Waals surface area contributed by atoms with Crippen LogP contribution < -0.4 is 0 Å². The summed E-state index contributed by atoms with van der Waals surface area (Å²) in [4.78, 5) is 11.0. The molecule has 0 N–H and O–H groups in total. The molecule has 0 saturated carbocycles. The molecular formula is C8H8O2. The summed E-state index contributed by atoms with van der Waals surface area (Å²) in [5.41, 5.74) is 0. The average Bonchev–Trinajstić information content (AvgIpc) is 2.34. The molecule has 1 saturated heterocycles. The predicted octanol–water partition coefficient (Wildman–Crippen LogP) is 0.697. The fourth-order valence-electron chi connectivity index (χ4n) is 1.31. The van der Waals surface area contributed by atoms with Gasteiger partial charge in [-0.1, -0.05) is 24.3 Å². The van der Waals surface area contributed by atoms with Gasteiger partial charge in [0.15, 0.2) is 5.78 Å². The first kappa shape index (κ1) is 5.86. The quantitative estimate of drug-likeness (QED) is 0.490. The second-order valence-corrected chi connectivity index (χ2v) is 2.54. The third-order valence-corrected chi connectivity index (χ3v) is 1.87. The monoisotopic (exact) mass is 136 g/mol. The lowest BCUT2D eigenvalue weighted by molar-refractivity contribution is -0.119. The van der Waals surface area contributed by atoms with E-state index in [0.29, 0.717) is 0 Å². The van der Waals surface area contributed by atoms with Crippen molar-refractivity contribution in [2.45, 2.75) is 6.10 Å². The van der Waals surface area contributed by atoms with Crippen LogP contribution in [0.3, 0.4) is 0 Å². The minimum Gasteiger partial charge on any atom is -0.365 e. The topological polar surface area (TPSA) is 26.3 Å². The SMILES string of the molecule is O=C1COC2C=CC=CC12. The molecule has 2 unspecified atom stereocenters. The molecule has 0 bridgehead atoms. The van der Waals surface area contributed by atoms with Crippen molar-refractivity contribution in [3.63, 3.8) is 0 Å². The molecule has 1 aliphatic heterocycles. The fraction of sp³-hybridized carbons (Fsp3) is 0.375. The number of carbonyl (C=O) groups excluding carboxylic acids is 1. The van der Waals surface area contributed by atoms with E-state index in [1.54, 1.807) is 0 Å². The van der Waals surface area contributed by atoms with Crippen molar-refractivity contribution in [3.05, 3.63) is 24.3 Å². The normalized spacial score (nSPS) is 36.6. The first-order chi connectivity index (χ1) is 4.88. The van der Waals surface area contributed by atoms with Crippen LogP contribution in [0.4, 0.5) is 0 Å². The van der Waals surface area contributed by atoms with Gasteiger partial charge in [0.1, 0.15) is 6.61 Å². The number of rotatable bonds is 0. The Morgan fingerprint density at radius 3 is 3.00 bits per heavy atom. The Morgan fingerprint density at radius 2 is 2.20 bits per heavy atom. The fourth-order valence-corrected chi connectivity index (χ4v) is 1.31. The number of allylic oxidation sites excluding steroid dienone is 2. The summed E-state index contributed by atoms with van der Waals surface area (Å²) in [7, 11) is 0. The molecule has 2 rings (SSSR count). The molecule has 2 nitrogen and oxygen atoms in total. The second-order valence-electron chi connectivity index (χ2n) is 2.54. The highest BCUT2D eigenvalue weighted by atomic mass is 16.5. The molecule has 0 spiro atoms. The smallest absolute Gasteiger partial charge is 0.168 e. The van der Waals surface area contributed by atoms with E-state index in [9.17, 15) is 4.79 Å². The predicted molar refractivity (Wildman–Crippen MR) is 36.5 cm³/mol. The van der Waals surface area contributed by atoms with Gasteiger partial charge in [-0.15, -0.1) is 0 Å². The lowest BCUT2D eigenvalue weighted by Gasteiger charge is -2.10. The molecule has 0 aromatic carbocycles. The van der Waals surface area contributed by atoms with Crippen molar-refractivity contribution >= 4 is 5.78 Å². The molecule has 1 aliphatic carbocycles. The van der Waals surface area contributed by atoms with Crippen LogP contribution in [0.15, 0.2) is 24.3 Å². The minimum absolute atomic E-state index is 0.00463. The lowest BCUT2D eigenvalue weighted by Crippen LogP contribution is -2.17. The van der Waals surface area contributed by atoms with E-state index < -0.39 is 0 Å². The van der Waals surface area contributed by atoms with Crippen LogP contribution in [0.2, 0.25) is 0 Å². The van der Waals surface area contributed by atoms with Crippen LogP contribution in [0.5, 0.6) is 0 Å². The van der Waals surface area contributed by atoms with Gasteiger partial charge in [-0.3, -0.25) is 4.79 Å². The van der Waals surface area contributed by atoms with E-state index in [0.717, 1.165) is 0 Å². The van der Waals surface area contributed by atoms with Crippen LogP contribution >= 0.6 is 0 Å². The van der Waals surface area contributed by atoms with Gasteiger partial charge in [-0.2, -0.15) is 0 Å². The van der Waals surface area contributed by atoms with Gasteiger partial charge in [-0.25, -0.2) is 0 Å². The van der Waals surface area contributed by atoms with Crippen LogP contribution in [-0.4, -0.2) is 18.5 Å². The second kappa shape index (κ2) is 2.06. The third kappa shape index (κ3) is 0.727. The maximum absolute atomic E-state index is 11.0. The summed E-state index contributed by atoms with van der Waals surface area (Å²) >= 11 is 0. The molecule has 0 aromatic heterocycles. The Balaban J connectivity index is 2.27. The molecule has 0 radical (unpaired) electrons. The average molecular weight is 136 g/mol. The Kier molecular flexibility index (Phi) is 1.21. The van der Waals surface area contributed by atoms with Gasteiger partial charge in [-0.05, 0) is 0 Å². The van der Waals surface area contributed by atoms with Crippen molar-refractivity contribution in [2.75, 3.05) is 6.61 Å². The molecule has 2 aliphatic rings. The zero-order valence-electron chi connectivity index (χ0n) is 5.49. The molecule has 2 heteroatoms. The number of ether oxygens (including phenoxy) is 1. The molecule has 10 heavy (non-hydrogen) atoms. The standard InChI is InChI=1S/C8H8O2/c9-7-5-10-8-4-2-1-3-6(7)8/h1-4,6,8H,5H2. The van der Waals surface area contributed by atoms with Crippen molar-refractivity contribution in [1.29, 1.82) is 0 Å². The number of Topliss-reactive ketones (excluding diaryl/α,β-unsaturated/α-hetero) is 1. The van der Waals surface area contributed by atoms with Crippen LogP contribution in [0.25, 0.3) is 0 Å². The Labute approximate surface area is 59.2 Å². The minimum atomic E-state index is 0.00463. The molecule has 1 heterocycles. The van der Waals surface area contributed by atoms with Gasteiger partial charge in [0, 0.05) is 0 Å². The zero-order valence-corrected chi connectivity index (χ0v) is 5.49. The van der Waals surface area contributed by atoms with E-state index in [-0.39, 0.29) is 24.4 Å². The van der Waals surface area contributed by atoms with E-state index in [2.05, 4.69) is 0 Å². The Hall–Kier alpha value is -0.890. The summed E-state index contributed by atoms with van der Waals surface area (Å²) in [6, 6.07) is 0. The summed E-state index contributed by atoms with van der Waals surface area (Å²) in [6.07, 6.45) is 7.67. The van der Waals surface area contributed by atoms with E-state index >= 15 is 0 Å². The highest BCUT2D eigenvalue weighted by Gasteiger charge is 2.32.